The minimum Gasteiger partial charge on any atom is -0.399 e. The fourth-order valence-electron chi connectivity index (χ4n) is 4.81. The number of nitro groups is 1. The molecule has 0 radical (unpaired) electrons. The zero-order valence-corrected chi connectivity index (χ0v) is 21.1. The summed E-state index contributed by atoms with van der Waals surface area (Å²) in [6.45, 7) is 4.19. The average Bonchev–Trinajstić information content (AvgIpc) is 2.84. The van der Waals surface area contributed by atoms with Gasteiger partial charge < -0.3 is 25.3 Å². The quantitative estimate of drug-likeness (QED) is 0.404. The lowest BCUT2D eigenvalue weighted by Crippen LogP contribution is -2.41. The molecule has 0 aliphatic carbocycles. The summed E-state index contributed by atoms with van der Waals surface area (Å²) in [5.74, 6) is 0. The van der Waals surface area contributed by atoms with Crippen LogP contribution in [0.15, 0.2) is 48.5 Å². The van der Waals surface area contributed by atoms with E-state index >= 15 is 0 Å². The summed E-state index contributed by atoms with van der Waals surface area (Å²) in [5.41, 5.74) is 9.05. The molecule has 0 spiro atoms. The third-order valence-electron chi connectivity index (χ3n) is 7.03. The van der Waals surface area contributed by atoms with Gasteiger partial charge in [0.25, 0.3) is 5.69 Å². The first-order chi connectivity index (χ1) is 16.2. The van der Waals surface area contributed by atoms with Crippen molar-refractivity contribution in [2.24, 2.45) is 0 Å². The fraction of sp³-hybridized carbons (Fsp3) is 0.538. The number of hydrogen-bond acceptors (Lipinski definition) is 7. The number of anilines is 3. The van der Waals surface area contributed by atoms with Crippen molar-refractivity contribution in [2.45, 2.75) is 37.8 Å². The van der Waals surface area contributed by atoms with Crippen LogP contribution in [0.5, 0.6) is 0 Å². The minimum atomic E-state index is -0.337. The van der Waals surface area contributed by atoms with Crippen molar-refractivity contribution in [3.63, 3.8) is 0 Å². The summed E-state index contributed by atoms with van der Waals surface area (Å²) < 4.78 is 0. The molecule has 8 heteroatoms. The monoisotopic (exact) mass is 468 g/mol. The van der Waals surface area contributed by atoms with E-state index < -0.39 is 0 Å². The highest BCUT2D eigenvalue weighted by atomic mass is 16.6. The van der Waals surface area contributed by atoms with Gasteiger partial charge in [-0.2, -0.15) is 0 Å². The zero-order valence-electron chi connectivity index (χ0n) is 21.1. The molecular formula is C26H40N6O2. The van der Waals surface area contributed by atoms with E-state index in [2.05, 4.69) is 59.9 Å². The number of nitrogens with zero attached hydrogens (tertiary/aromatic N) is 5. The van der Waals surface area contributed by atoms with Gasteiger partial charge in [0, 0.05) is 67.5 Å². The Labute approximate surface area is 204 Å². The Morgan fingerprint density at radius 3 is 1.65 bits per heavy atom. The molecule has 2 aromatic rings. The highest BCUT2D eigenvalue weighted by Crippen LogP contribution is 2.25. The molecule has 186 valence electrons. The molecule has 0 aromatic heterocycles. The number of rotatable bonds is 5. The summed E-state index contributed by atoms with van der Waals surface area (Å²) in [6.07, 6.45) is 4.69. The maximum absolute atomic E-state index is 10.8. The summed E-state index contributed by atoms with van der Waals surface area (Å²) in [6, 6.07) is 16.4. The summed E-state index contributed by atoms with van der Waals surface area (Å²) in [5, 5.41) is 10.8. The average molecular weight is 469 g/mol. The Morgan fingerprint density at radius 1 is 0.794 bits per heavy atom. The van der Waals surface area contributed by atoms with Gasteiger partial charge in [-0.25, -0.2) is 0 Å². The molecule has 0 saturated carbocycles. The van der Waals surface area contributed by atoms with Crippen LogP contribution in [-0.2, 0) is 0 Å². The Kier molecular flexibility index (Phi) is 9.12. The van der Waals surface area contributed by atoms with Crippen LogP contribution >= 0.6 is 0 Å². The van der Waals surface area contributed by atoms with E-state index in [-0.39, 0.29) is 10.6 Å². The first-order valence-electron chi connectivity index (χ1n) is 12.2. The molecule has 0 atom stereocenters. The van der Waals surface area contributed by atoms with Crippen LogP contribution in [-0.4, -0.2) is 81.2 Å². The molecule has 0 unspecified atom stereocenters. The normalized spacial score (nSPS) is 17.6. The van der Waals surface area contributed by atoms with Gasteiger partial charge >= 0.3 is 0 Å². The second-order valence-corrected chi connectivity index (χ2v) is 9.74. The van der Waals surface area contributed by atoms with Crippen molar-refractivity contribution in [3.8, 4) is 0 Å². The fourth-order valence-corrected chi connectivity index (χ4v) is 4.81. The van der Waals surface area contributed by atoms with Crippen LogP contribution in [0.3, 0.4) is 0 Å². The minimum absolute atomic E-state index is 0.169. The standard InChI is InChI=1S/C13H19N3O2.C13H21N3/c1-14(2)11-6-8-15(9-7-11)12-4-3-5-13(10-12)16(17)18;1-15(2)12-6-8-16(9-7-12)13-5-3-4-11(14)10-13/h3-5,10-11H,6-9H2,1-2H3;3-5,10,12H,6-9,14H2,1-2H3. The number of piperidine rings is 2. The second kappa shape index (κ2) is 12.0. The van der Waals surface area contributed by atoms with Gasteiger partial charge in [0.1, 0.15) is 0 Å². The van der Waals surface area contributed by atoms with Crippen LogP contribution in [0.25, 0.3) is 0 Å². The van der Waals surface area contributed by atoms with Gasteiger partial charge in [0.15, 0.2) is 0 Å². The number of nitro benzene ring substituents is 1. The summed E-state index contributed by atoms with van der Waals surface area (Å²) in [7, 11) is 8.54. The van der Waals surface area contributed by atoms with Crippen LogP contribution < -0.4 is 15.5 Å². The third kappa shape index (κ3) is 7.08. The Balaban J connectivity index is 0.000000192. The number of hydrogen-bond donors (Lipinski definition) is 1. The molecular weight excluding hydrogens is 428 g/mol. The highest BCUT2D eigenvalue weighted by Gasteiger charge is 2.22. The zero-order chi connectivity index (χ0) is 24.7. The smallest absolute Gasteiger partial charge is 0.271 e. The molecule has 34 heavy (non-hydrogen) atoms. The lowest BCUT2D eigenvalue weighted by Gasteiger charge is -2.36. The summed E-state index contributed by atoms with van der Waals surface area (Å²) >= 11 is 0. The first kappa shape index (κ1) is 25.8. The van der Waals surface area contributed by atoms with E-state index in [0.29, 0.717) is 6.04 Å². The molecule has 2 heterocycles. The van der Waals surface area contributed by atoms with Crippen molar-refractivity contribution in [1.82, 2.24) is 9.80 Å². The van der Waals surface area contributed by atoms with Crippen molar-refractivity contribution < 1.29 is 4.92 Å². The molecule has 0 bridgehead atoms. The maximum atomic E-state index is 10.8. The van der Waals surface area contributed by atoms with E-state index in [9.17, 15) is 10.1 Å². The number of benzene rings is 2. The van der Waals surface area contributed by atoms with E-state index in [1.165, 1.54) is 24.6 Å². The van der Waals surface area contributed by atoms with Crippen molar-refractivity contribution in [3.05, 3.63) is 58.6 Å². The van der Waals surface area contributed by atoms with Gasteiger partial charge in [-0.3, -0.25) is 10.1 Å². The highest BCUT2D eigenvalue weighted by molar-refractivity contribution is 5.56. The number of non-ortho nitro benzene ring substituents is 1. The SMILES string of the molecule is CN(C)C1CCN(c2cccc(N)c2)CC1.CN(C)C1CCN(c2cccc([N+](=O)[O-])c2)CC1. The van der Waals surface area contributed by atoms with Crippen molar-refractivity contribution in [1.29, 1.82) is 0 Å². The second-order valence-electron chi connectivity index (χ2n) is 9.74. The van der Waals surface area contributed by atoms with Crippen LogP contribution in [0.2, 0.25) is 0 Å². The molecule has 2 aliphatic heterocycles. The van der Waals surface area contributed by atoms with Crippen molar-refractivity contribution in [2.75, 3.05) is 69.9 Å². The Bertz CT molecular complexity index is 919. The maximum Gasteiger partial charge on any atom is 0.271 e. The predicted octanol–water partition coefficient (Wildman–Crippen LogP) is 3.92. The number of nitrogen functional groups attached to an aromatic ring is 1. The molecule has 0 amide bonds. The molecule has 2 N–H and O–H groups in total. The topological polar surface area (TPSA) is 82.1 Å². The van der Waals surface area contributed by atoms with Gasteiger partial charge in [-0.15, -0.1) is 0 Å². The van der Waals surface area contributed by atoms with E-state index in [1.807, 2.05) is 18.2 Å². The number of nitrogens with two attached hydrogens (primary N) is 1. The third-order valence-corrected chi connectivity index (χ3v) is 7.03. The van der Waals surface area contributed by atoms with Gasteiger partial charge in [-0.05, 0) is 78.1 Å². The predicted molar refractivity (Wildman–Crippen MR) is 142 cm³/mol. The summed E-state index contributed by atoms with van der Waals surface area (Å²) in [4.78, 5) is 19.7. The van der Waals surface area contributed by atoms with Crippen LogP contribution in [0.1, 0.15) is 25.7 Å². The van der Waals surface area contributed by atoms with Crippen LogP contribution in [0.4, 0.5) is 22.7 Å². The van der Waals surface area contributed by atoms with Gasteiger partial charge in [0.2, 0.25) is 0 Å². The van der Waals surface area contributed by atoms with E-state index in [0.717, 1.165) is 56.4 Å². The van der Waals surface area contributed by atoms with Crippen LogP contribution in [0, 0.1) is 10.1 Å². The van der Waals surface area contributed by atoms with Crippen molar-refractivity contribution >= 4 is 22.7 Å². The lowest BCUT2D eigenvalue weighted by atomic mass is 10.0. The largest absolute Gasteiger partial charge is 0.399 e. The molecule has 2 aromatic carbocycles. The molecule has 8 nitrogen and oxygen atoms in total. The van der Waals surface area contributed by atoms with Gasteiger partial charge in [0.05, 0.1) is 4.92 Å². The molecule has 2 fully saturated rings. The van der Waals surface area contributed by atoms with E-state index in [4.69, 9.17) is 5.73 Å². The van der Waals surface area contributed by atoms with E-state index in [1.54, 1.807) is 12.1 Å². The molecule has 2 aliphatic rings. The first-order valence-corrected chi connectivity index (χ1v) is 12.2. The molecule has 4 rings (SSSR count). The van der Waals surface area contributed by atoms with Gasteiger partial charge in [-0.1, -0.05) is 12.1 Å². The molecule has 2 saturated heterocycles. The Hall–Kier alpha value is -2.84. The Morgan fingerprint density at radius 2 is 1.24 bits per heavy atom. The lowest BCUT2D eigenvalue weighted by molar-refractivity contribution is -0.384.